The molecular formula is C17H20ClN3O3S. The molecule has 0 radical (unpaired) electrons. The summed E-state index contributed by atoms with van der Waals surface area (Å²) in [5, 5.41) is 3.06. The van der Waals surface area contributed by atoms with E-state index in [1.807, 2.05) is 13.0 Å². The molecular weight excluding hydrogens is 362 g/mol. The number of amides is 1. The van der Waals surface area contributed by atoms with Gasteiger partial charge in [-0.25, -0.2) is 8.42 Å². The summed E-state index contributed by atoms with van der Waals surface area (Å²) in [5.41, 5.74) is 2.56. The highest BCUT2D eigenvalue weighted by molar-refractivity contribution is 7.92. The molecule has 1 aromatic carbocycles. The highest BCUT2D eigenvalue weighted by Gasteiger charge is 2.22. The average Bonchev–Trinajstić information content (AvgIpc) is 2.52. The number of carbonyl (C=O) groups is 1. The van der Waals surface area contributed by atoms with Crippen LogP contribution in [-0.4, -0.2) is 38.7 Å². The second kappa shape index (κ2) is 7.84. The van der Waals surface area contributed by atoms with Gasteiger partial charge < -0.3 is 5.32 Å². The maximum atomic E-state index is 12.2. The van der Waals surface area contributed by atoms with E-state index in [4.69, 9.17) is 11.6 Å². The van der Waals surface area contributed by atoms with Crippen molar-refractivity contribution < 1.29 is 13.2 Å². The molecule has 2 aromatic rings. The summed E-state index contributed by atoms with van der Waals surface area (Å²) in [6, 6.07) is 6.88. The van der Waals surface area contributed by atoms with Gasteiger partial charge in [-0.15, -0.1) is 0 Å². The number of sulfonamides is 1. The predicted octanol–water partition coefficient (Wildman–Crippen LogP) is 2.55. The molecule has 25 heavy (non-hydrogen) atoms. The molecule has 0 aliphatic rings. The van der Waals surface area contributed by atoms with Crippen LogP contribution in [0.25, 0.3) is 0 Å². The van der Waals surface area contributed by atoms with Gasteiger partial charge in [0.1, 0.15) is 0 Å². The summed E-state index contributed by atoms with van der Waals surface area (Å²) in [4.78, 5) is 15.9. The van der Waals surface area contributed by atoms with E-state index in [0.29, 0.717) is 16.3 Å². The minimum atomic E-state index is -3.55. The number of pyridine rings is 1. The van der Waals surface area contributed by atoms with E-state index in [0.717, 1.165) is 17.4 Å². The quantitative estimate of drug-likeness (QED) is 0.833. The van der Waals surface area contributed by atoms with Crippen molar-refractivity contribution in [1.29, 1.82) is 0 Å². The number of hydrogen-bond acceptors (Lipinski definition) is 4. The summed E-state index contributed by atoms with van der Waals surface area (Å²) in [6.07, 6.45) is 4.14. The normalized spacial score (nSPS) is 11.2. The Morgan fingerprint density at radius 2 is 2.04 bits per heavy atom. The van der Waals surface area contributed by atoms with Crippen LogP contribution in [0.1, 0.15) is 21.5 Å². The lowest BCUT2D eigenvalue weighted by atomic mass is 10.1. The van der Waals surface area contributed by atoms with E-state index in [9.17, 15) is 13.2 Å². The molecule has 0 bridgehead atoms. The van der Waals surface area contributed by atoms with Crippen molar-refractivity contribution in [3.05, 3.63) is 58.4 Å². The largest absolute Gasteiger partial charge is 0.350 e. The number of anilines is 1. The number of aromatic nitrogens is 1. The Morgan fingerprint density at radius 3 is 2.60 bits per heavy atom. The van der Waals surface area contributed by atoms with Crippen LogP contribution >= 0.6 is 11.6 Å². The second-order valence-corrected chi connectivity index (χ2v) is 8.06. The number of hydrogen-bond donors (Lipinski definition) is 1. The molecule has 1 N–H and O–H groups in total. The predicted molar refractivity (Wildman–Crippen MR) is 99.7 cm³/mol. The first-order valence-electron chi connectivity index (χ1n) is 7.63. The molecule has 0 aliphatic carbocycles. The molecule has 0 saturated heterocycles. The van der Waals surface area contributed by atoms with Crippen molar-refractivity contribution in [3.63, 3.8) is 0 Å². The highest BCUT2D eigenvalue weighted by Crippen LogP contribution is 2.32. The van der Waals surface area contributed by atoms with Crippen LogP contribution in [0.5, 0.6) is 0 Å². The Hall–Kier alpha value is -2.12. The van der Waals surface area contributed by atoms with Crippen molar-refractivity contribution >= 4 is 33.2 Å². The van der Waals surface area contributed by atoms with Gasteiger partial charge in [0.2, 0.25) is 10.0 Å². The molecule has 0 unspecified atom stereocenters. The number of nitrogens with zero attached hydrogens (tertiary/aromatic N) is 2. The third kappa shape index (κ3) is 4.93. The van der Waals surface area contributed by atoms with Crippen LogP contribution in [-0.2, 0) is 10.0 Å². The highest BCUT2D eigenvalue weighted by atomic mass is 35.5. The molecule has 6 nitrogen and oxygen atoms in total. The topological polar surface area (TPSA) is 79.4 Å². The first kappa shape index (κ1) is 19.2. The van der Waals surface area contributed by atoms with Crippen molar-refractivity contribution in [3.8, 4) is 0 Å². The number of benzene rings is 1. The minimum absolute atomic E-state index is 0.0778. The fraction of sp³-hybridized carbons (Fsp3) is 0.294. The van der Waals surface area contributed by atoms with Gasteiger partial charge in [0.25, 0.3) is 5.91 Å². The monoisotopic (exact) mass is 381 g/mol. The van der Waals surface area contributed by atoms with Gasteiger partial charge in [-0.2, -0.15) is 0 Å². The molecule has 2 rings (SSSR count). The van der Waals surface area contributed by atoms with Crippen molar-refractivity contribution in [2.75, 3.05) is 23.7 Å². The van der Waals surface area contributed by atoms with Crippen molar-refractivity contribution in [2.24, 2.45) is 0 Å². The van der Waals surface area contributed by atoms with Crippen LogP contribution in [0.4, 0.5) is 5.69 Å². The number of aryl methyl sites for hydroxylation is 2. The van der Waals surface area contributed by atoms with Crippen molar-refractivity contribution in [2.45, 2.75) is 13.8 Å². The number of halogens is 1. The molecule has 0 atom stereocenters. The fourth-order valence-corrected chi connectivity index (χ4v) is 4.01. The van der Waals surface area contributed by atoms with E-state index in [1.54, 1.807) is 31.3 Å². The molecule has 0 aliphatic heterocycles. The lowest BCUT2D eigenvalue weighted by molar-refractivity contribution is 0.0954. The van der Waals surface area contributed by atoms with Gasteiger partial charge in [-0.3, -0.25) is 14.1 Å². The Bertz CT molecular complexity index is 847. The fourth-order valence-electron chi connectivity index (χ4n) is 2.54. The smallest absolute Gasteiger partial charge is 0.252 e. The van der Waals surface area contributed by atoms with Gasteiger partial charge >= 0.3 is 0 Å². The molecule has 134 valence electrons. The van der Waals surface area contributed by atoms with Gasteiger partial charge in [0.15, 0.2) is 0 Å². The molecule has 1 heterocycles. The van der Waals surface area contributed by atoms with Gasteiger partial charge in [-0.1, -0.05) is 17.7 Å². The summed E-state index contributed by atoms with van der Waals surface area (Å²) in [5.74, 6) is -0.312. The van der Waals surface area contributed by atoms with E-state index < -0.39 is 10.0 Å². The van der Waals surface area contributed by atoms with E-state index >= 15 is 0 Å². The third-order valence-corrected chi connectivity index (χ3v) is 5.03. The van der Waals surface area contributed by atoms with Crippen LogP contribution in [0, 0.1) is 13.8 Å². The molecule has 0 saturated carbocycles. The van der Waals surface area contributed by atoms with E-state index in [1.165, 1.54) is 10.5 Å². The number of nitrogens with one attached hydrogen (secondary N) is 1. The van der Waals surface area contributed by atoms with E-state index in [2.05, 4.69) is 10.3 Å². The third-order valence-electron chi connectivity index (χ3n) is 3.57. The summed E-state index contributed by atoms with van der Waals surface area (Å²) in [7, 11) is -3.55. The summed E-state index contributed by atoms with van der Waals surface area (Å²) < 4.78 is 25.6. The Kier molecular flexibility index (Phi) is 6.02. The maximum absolute atomic E-state index is 12.2. The van der Waals surface area contributed by atoms with Gasteiger partial charge in [-0.05, 0) is 43.2 Å². The standard InChI is InChI=1S/C17H20ClN3O3S/c1-12-9-13(2)16(15(18)10-12)21(25(3,23)24)8-7-20-17(22)14-5-4-6-19-11-14/h4-6,9-11H,7-8H2,1-3H3,(H,20,22). The Labute approximate surface area is 152 Å². The number of rotatable bonds is 6. The van der Waals surface area contributed by atoms with Crippen LogP contribution in [0.15, 0.2) is 36.7 Å². The molecule has 8 heteroatoms. The zero-order valence-corrected chi connectivity index (χ0v) is 15.9. The van der Waals surface area contributed by atoms with Crippen LogP contribution in [0.3, 0.4) is 0 Å². The second-order valence-electron chi connectivity index (χ2n) is 5.74. The first-order chi connectivity index (χ1) is 11.7. The lowest BCUT2D eigenvalue weighted by Crippen LogP contribution is -2.38. The molecule has 1 aromatic heterocycles. The Morgan fingerprint density at radius 1 is 1.32 bits per heavy atom. The average molecular weight is 382 g/mol. The summed E-state index contributed by atoms with van der Waals surface area (Å²) >= 11 is 6.27. The molecule has 0 fully saturated rings. The number of carbonyl (C=O) groups excluding carboxylic acids is 1. The van der Waals surface area contributed by atoms with Crippen LogP contribution in [0.2, 0.25) is 5.02 Å². The lowest BCUT2D eigenvalue weighted by Gasteiger charge is -2.25. The van der Waals surface area contributed by atoms with Gasteiger partial charge in [0.05, 0.1) is 29.1 Å². The molecule has 1 amide bonds. The molecule has 0 spiro atoms. The van der Waals surface area contributed by atoms with E-state index in [-0.39, 0.29) is 19.0 Å². The Balaban J connectivity index is 2.17. The SMILES string of the molecule is Cc1cc(C)c(N(CCNC(=O)c2cccnc2)S(C)(=O)=O)c(Cl)c1. The van der Waals surface area contributed by atoms with Gasteiger partial charge in [0, 0.05) is 18.9 Å². The summed E-state index contributed by atoms with van der Waals surface area (Å²) in [6.45, 7) is 3.92. The zero-order valence-electron chi connectivity index (χ0n) is 14.3. The van der Waals surface area contributed by atoms with Crippen molar-refractivity contribution in [1.82, 2.24) is 10.3 Å². The maximum Gasteiger partial charge on any atom is 0.252 e. The minimum Gasteiger partial charge on any atom is -0.350 e. The first-order valence-corrected chi connectivity index (χ1v) is 9.85. The zero-order chi connectivity index (χ0) is 18.6. The van der Waals surface area contributed by atoms with Crippen LogP contribution < -0.4 is 9.62 Å².